The average molecular weight is 394 g/mol. The van der Waals surface area contributed by atoms with Crippen LogP contribution in [0, 0.1) is 6.92 Å². The van der Waals surface area contributed by atoms with E-state index in [4.69, 9.17) is 5.73 Å². The van der Waals surface area contributed by atoms with Gasteiger partial charge >= 0.3 is 6.18 Å². The number of amides is 1. The van der Waals surface area contributed by atoms with Gasteiger partial charge in [0.05, 0.1) is 11.3 Å². The topological polar surface area (TPSA) is 81.2 Å². The number of likely N-dealkylation sites (tertiary alicyclic amines) is 1. The lowest BCUT2D eigenvalue weighted by atomic mass is 10.0. The number of carbonyl (C=O) groups excluding carboxylic acids is 1. The first-order valence-corrected chi connectivity index (χ1v) is 9.02. The third kappa shape index (κ3) is 3.80. The molecule has 0 bridgehead atoms. The summed E-state index contributed by atoms with van der Waals surface area (Å²) < 4.78 is 41.2. The van der Waals surface area contributed by atoms with Crippen LogP contribution in [0.3, 0.4) is 0 Å². The molecule has 1 unspecified atom stereocenters. The van der Waals surface area contributed by atoms with Crippen molar-refractivity contribution in [3.05, 3.63) is 57.5 Å². The number of aromatic nitrogens is 2. The molecular weight excluding hydrogens is 373 g/mol. The number of nitrogens with two attached hydrogens (primary N) is 1. The number of carbonyl (C=O) groups is 1. The van der Waals surface area contributed by atoms with Gasteiger partial charge in [-0.05, 0) is 38.3 Å². The third-order valence-corrected chi connectivity index (χ3v) is 4.91. The van der Waals surface area contributed by atoms with Gasteiger partial charge in [-0.15, -0.1) is 0 Å². The van der Waals surface area contributed by atoms with Crippen molar-refractivity contribution in [2.24, 2.45) is 5.73 Å². The Balaban J connectivity index is 2.10. The van der Waals surface area contributed by atoms with Crippen LogP contribution in [0.2, 0.25) is 0 Å². The molecule has 0 radical (unpaired) electrons. The number of para-hydroxylation sites is 1. The molecular formula is C19H21F3N4O2. The molecule has 2 heterocycles. The number of alkyl halides is 3. The second-order valence-corrected chi connectivity index (χ2v) is 6.81. The summed E-state index contributed by atoms with van der Waals surface area (Å²) in [5, 5.41) is 4.03. The molecule has 2 N–H and O–H groups in total. The number of aryl methyl sites for hydroxylation is 1. The van der Waals surface area contributed by atoms with Crippen LogP contribution in [-0.4, -0.2) is 39.7 Å². The van der Waals surface area contributed by atoms with E-state index < -0.39 is 28.8 Å². The molecule has 1 saturated heterocycles. The largest absolute Gasteiger partial charge is 0.418 e. The Morgan fingerprint density at radius 1 is 1.29 bits per heavy atom. The number of nitrogens with zero attached hydrogens (tertiary/aromatic N) is 3. The fourth-order valence-electron chi connectivity index (χ4n) is 3.49. The van der Waals surface area contributed by atoms with Gasteiger partial charge in [0.15, 0.2) is 5.69 Å². The summed E-state index contributed by atoms with van der Waals surface area (Å²) in [4.78, 5) is 26.8. The zero-order chi connectivity index (χ0) is 20.5. The summed E-state index contributed by atoms with van der Waals surface area (Å²) in [6.07, 6.45) is -2.18. The normalized spacial score (nSPS) is 17.6. The average Bonchev–Trinajstić information content (AvgIpc) is 2.67. The smallest absolute Gasteiger partial charge is 0.333 e. The predicted octanol–water partition coefficient (Wildman–Crippen LogP) is 2.51. The van der Waals surface area contributed by atoms with E-state index in [-0.39, 0.29) is 24.0 Å². The molecule has 150 valence electrons. The lowest BCUT2D eigenvalue weighted by Gasteiger charge is -2.34. The van der Waals surface area contributed by atoms with Crippen LogP contribution in [0.4, 0.5) is 13.2 Å². The maximum atomic E-state index is 13.4. The van der Waals surface area contributed by atoms with Gasteiger partial charge in [-0.2, -0.15) is 18.3 Å². The van der Waals surface area contributed by atoms with Crippen LogP contribution in [-0.2, 0) is 6.18 Å². The van der Waals surface area contributed by atoms with Crippen LogP contribution in [0.15, 0.2) is 35.1 Å². The molecule has 1 atom stereocenters. The van der Waals surface area contributed by atoms with Crippen molar-refractivity contribution in [2.45, 2.75) is 38.4 Å². The summed E-state index contributed by atoms with van der Waals surface area (Å²) in [7, 11) is 0. The molecule has 1 fully saturated rings. The molecule has 9 heteroatoms. The first kappa shape index (κ1) is 20.1. The highest BCUT2D eigenvalue weighted by Crippen LogP contribution is 2.33. The Kier molecular flexibility index (Phi) is 5.55. The van der Waals surface area contributed by atoms with E-state index in [0.29, 0.717) is 6.54 Å². The Morgan fingerprint density at radius 3 is 2.68 bits per heavy atom. The van der Waals surface area contributed by atoms with Crippen LogP contribution in [0.1, 0.15) is 41.0 Å². The molecule has 3 rings (SSSR count). The Morgan fingerprint density at radius 2 is 2.00 bits per heavy atom. The molecule has 2 aromatic rings. The van der Waals surface area contributed by atoms with Crippen LogP contribution in [0.25, 0.3) is 5.69 Å². The van der Waals surface area contributed by atoms with Crippen molar-refractivity contribution in [1.82, 2.24) is 14.7 Å². The van der Waals surface area contributed by atoms with Crippen molar-refractivity contribution < 1.29 is 18.0 Å². The monoisotopic (exact) mass is 394 g/mol. The van der Waals surface area contributed by atoms with E-state index in [0.717, 1.165) is 36.1 Å². The summed E-state index contributed by atoms with van der Waals surface area (Å²) >= 11 is 0. The summed E-state index contributed by atoms with van der Waals surface area (Å²) in [5.74, 6) is -0.599. The molecule has 28 heavy (non-hydrogen) atoms. The molecule has 1 aliphatic heterocycles. The summed E-state index contributed by atoms with van der Waals surface area (Å²) in [6.45, 7) is 2.16. The van der Waals surface area contributed by atoms with Gasteiger partial charge in [-0.25, -0.2) is 4.68 Å². The second kappa shape index (κ2) is 7.75. The molecule has 0 saturated carbocycles. The minimum Gasteiger partial charge on any atom is -0.333 e. The number of piperidine rings is 1. The minimum atomic E-state index is -4.60. The molecule has 1 amide bonds. The summed E-state index contributed by atoms with van der Waals surface area (Å²) in [5.41, 5.74) is 3.78. The van der Waals surface area contributed by atoms with Gasteiger partial charge in [0.1, 0.15) is 0 Å². The van der Waals surface area contributed by atoms with Gasteiger partial charge in [-0.3, -0.25) is 9.59 Å². The van der Waals surface area contributed by atoms with Gasteiger partial charge in [0.2, 0.25) is 5.43 Å². The van der Waals surface area contributed by atoms with Crippen LogP contribution in [0.5, 0.6) is 0 Å². The molecule has 1 aliphatic rings. The highest BCUT2D eigenvalue weighted by Gasteiger charge is 2.35. The first-order chi connectivity index (χ1) is 13.2. The Hall–Kier alpha value is -2.68. The van der Waals surface area contributed by atoms with E-state index in [9.17, 15) is 22.8 Å². The number of benzene rings is 1. The van der Waals surface area contributed by atoms with Crippen molar-refractivity contribution >= 4 is 5.91 Å². The second-order valence-electron chi connectivity index (χ2n) is 6.81. The predicted molar refractivity (Wildman–Crippen MR) is 97.3 cm³/mol. The zero-order valence-electron chi connectivity index (χ0n) is 15.4. The van der Waals surface area contributed by atoms with E-state index in [1.807, 2.05) is 0 Å². The number of hydrogen-bond acceptors (Lipinski definition) is 4. The number of halogens is 3. The van der Waals surface area contributed by atoms with Crippen LogP contribution >= 0.6 is 0 Å². The van der Waals surface area contributed by atoms with Crippen molar-refractivity contribution in [1.29, 1.82) is 0 Å². The highest BCUT2D eigenvalue weighted by molar-refractivity contribution is 5.92. The van der Waals surface area contributed by atoms with Crippen molar-refractivity contribution in [2.75, 3.05) is 13.1 Å². The van der Waals surface area contributed by atoms with Gasteiger partial charge in [0, 0.05) is 30.9 Å². The zero-order valence-corrected chi connectivity index (χ0v) is 15.4. The molecule has 1 aromatic carbocycles. The molecule has 0 aliphatic carbocycles. The summed E-state index contributed by atoms with van der Waals surface area (Å²) in [6, 6.07) is 5.83. The Bertz CT molecular complexity index is 940. The maximum Gasteiger partial charge on any atom is 0.418 e. The van der Waals surface area contributed by atoms with Gasteiger partial charge in [0.25, 0.3) is 5.91 Å². The lowest BCUT2D eigenvalue weighted by Crippen LogP contribution is -2.49. The maximum absolute atomic E-state index is 13.4. The van der Waals surface area contributed by atoms with Gasteiger partial charge < -0.3 is 10.6 Å². The minimum absolute atomic E-state index is 0.201. The SMILES string of the molecule is Cc1cc(=O)c(C(=O)N2CCCCC2CN)nn1-c1ccccc1C(F)(F)F. The van der Waals surface area contributed by atoms with Crippen LogP contribution < -0.4 is 11.2 Å². The van der Waals surface area contributed by atoms with E-state index in [1.54, 1.807) is 0 Å². The van der Waals surface area contributed by atoms with Gasteiger partial charge in [-0.1, -0.05) is 12.1 Å². The fraction of sp³-hybridized carbons (Fsp3) is 0.421. The number of hydrogen-bond donors (Lipinski definition) is 1. The third-order valence-electron chi connectivity index (χ3n) is 4.91. The molecule has 1 aromatic heterocycles. The van der Waals surface area contributed by atoms with E-state index in [2.05, 4.69) is 5.10 Å². The van der Waals surface area contributed by atoms with Crippen molar-refractivity contribution in [3.8, 4) is 5.69 Å². The standard InChI is InChI=1S/C19H21F3N4O2/c1-12-10-16(27)17(18(28)25-9-5-4-6-13(25)11-23)24-26(12)15-8-3-2-7-14(15)19(20,21)22/h2-3,7-8,10,13H,4-6,9,11,23H2,1H3. The first-order valence-electron chi connectivity index (χ1n) is 9.02. The van der Waals surface area contributed by atoms with E-state index >= 15 is 0 Å². The molecule has 6 nitrogen and oxygen atoms in total. The highest BCUT2D eigenvalue weighted by atomic mass is 19.4. The molecule has 0 spiro atoms. The number of rotatable bonds is 3. The quantitative estimate of drug-likeness (QED) is 0.867. The lowest BCUT2D eigenvalue weighted by molar-refractivity contribution is -0.137. The Labute approximate surface area is 159 Å². The van der Waals surface area contributed by atoms with Crippen molar-refractivity contribution in [3.63, 3.8) is 0 Å². The van der Waals surface area contributed by atoms with E-state index in [1.165, 1.54) is 30.0 Å². The fourth-order valence-corrected chi connectivity index (χ4v) is 3.49.